The molecule has 25 heavy (non-hydrogen) atoms. The van der Waals surface area contributed by atoms with Crippen LogP contribution in [0.25, 0.3) is 5.57 Å². The third-order valence-corrected chi connectivity index (χ3v) is 5.17. The van der Waals surface area contributed by atoms with E-state index in [0.717, 1.165) is 44.7 Å². The minimum absolute atomic E-state index is 0.122. The van der Waals surface area contributed by atoms with Gasteiger partial charge in [0.1, 0.15) is 12.9 Å². The fourth-order valence-corrected chi connectivity index (χ4v) is 3.56. The van der Waals surface area contributed by atoms with Gasteiger partial charge < -0.3 is 15.2 Å². The van der Waals surface area contributed by atoms with E-state index in [9.17, 15) is 5.11 Å². The van der Waals surface area contributed by atoms with Crippen molar-refractivity contribution in [3.63, 3.8) is 0 Å². The molecule has 1 heterocycles. The predicted molar refractivity (Wildman–Crippen MR) is 98.5 cm³/mol. The van der Waals surface area contributed by atoms with Gasteiger partial charge in [-0.2, -0.15) is 0 Å². The van der Waals surface area contributed by atoms with Crippen LogP contribution in [0, 0.1) is 11.8 Å². The van der Waals surface area contributed by atoms with Gasteiger partial charge in [0.05, 0.1) is 12.5 Å². The maximum absolute atomic E-state index is 9.86. The average Bonchev–Trinajstić information content (AvgIpc) is 2.68. The van der Waals surface area contributed by atoms with E-state index in [1.807, 2.05) is 0 Å². The van der Waals surface area contributed by atoms with Crippen molar-refractivity contribution in [3.8, 4) is 5.75 Å². The zero-order valence-electron chi connectivity index (χ0n) is 15.0. The summed E-state index contributed by atoms with van der Waals surface area (Å²) in [6.45, 7) is 3.02. The zero-order chi connectivity index (χ0) is 17.5. The lowest BCUT2D eigenvalue weighted by Gasteiger charge is -2.22. The smallest absolute Gasteiger partial charge is 0.383 e. The summed E-state index contributed by atoms with van der Waals surface area (Å²) in [5, 5.41) is 15.8. The van der Waals surface area contributed by atoms with Crippen LogP contribution in [-0.2, 0) is 4.84 Å². The SMILES string of the molecule is CO/[NH+]=C(\O)C1CC=C(c2ccc(OCC3CCNCC3)cc2)CC1. The predicted octanol–water partition coefficient (Wildman–Crippen LogP) is 1.85. The summed E-state index contributed by atoms with van der Waals surface area (Å²) in [5.41, 5.74) is 2.58. The molecule has 0 aromatic heterocycles. The van der Waals surface area contributed by atoms with Crippen LogP contribution in [0.15, 0.2) is 30.3 Å². The Labute approximate surface area is 149 Å². The average molecular weight is 345 g/mol. The molecule has 1 aromatic carbocycles. The van der Waals surface area contributed by atoms with Crippen molar-refractivity contribution in [3.05, 3.63) is 35.9 Å². The number of aliphatic hydroxyl groups excluding tert-OH is 1. The van der Waals surface area contributed by atoms with Gasteiger partial charge in [0.15, 0.2) is 0 Å². The van der Waals surface area contributed by atoms with Crippen LogP contribution in [-0.4, -0.2) is 37.8 Å². The highest BCUT2D eigenvalue weighted by molar-refractivity contribution is 5.74. The molecule has 0 bridgehead atoms. The summed E-state index contributed by atoms with van der Waals surface area (Å²) in [6, 6.07) is 8.42. The number of aliphatic hydroxyl groups is 1. The molecule has 5 heteroatoms. The molecule has 1 saturated heterocycles. The van der Waals surface area contributed by atoms with E-state index in [2.05, 4.69) is 40.8 Å². The summed E-state index contributed by atoms with van der Waals surface area (Å²) < 4.78 is 5.96. The largest absolute Gasteiger partial charge is 0.493 e. The summed E-state index contributed by atoms with van der Waals surface area (Å²) in [7, 11) is 1.51. The van der Waals surface area contributed by atoms with Crippen molar-refractivity contribution in [1.82, 2.24) is 5.32 Å². The summed E-state index contributed by atoms with van der Waals surface area (Å²) in [6.07, 6.45) is 7.32. The molecular formula is C20H29N2O3+. The third kappa shape index (κ3) is 4.98. The first-order valence-corrected chi connectivity index (χ1v) is 9.24. The van der Waals surface area contributed by atoms with Gasteiger partial charge in [-0.1, -0.05) is 18.2 Å². The van der Waals surface area contributed by atoms with Gasteiger partial charge in [0.2, 0.25) is 0 Å². The normalized spacial score (nSPS) is 22.4. The van der Waals surface area contributed by atoms with E-state index in [-0.39, 0.29) is 11.8 Å². The highest BCUT2D eigenvalue weighted by Gasteiger charge is 2.24. The van der Waals surface area contributed by atoms with E-state index in [4.69, 9.17) is 9.57 Å². The van der Waals surface area contributed by atoms with Gasteiger partial charge in [-0.05, 0) is 79.5 Å². The Hall–Kier alpha value is -2.01. The number of hydrogen-bond donors (Lipinski definition) is 3. The van der Waals surface area contributed by atoms with Gasteiger partial charge in [0.25, 0.3) is 0 Å². The number of hydrogen-bond acceptors (Lipinski definition) is 3. The second-order valence-corrected chi connectivity index (χ2v) is 6.92. The number of benzene rings is 1. The molecule has 1 aromatic rings. The van der Waals surface area contributed by atoms with Crippen molar-refractivity contribution in [2.45, 2.75) is 32.1 Å². The minimum Gasteiger partial charge on any atom is -0.493 e. The fraction of sp³-hybridized carbons (Fsp3) is 0.550. The van der Waals surface area contributed by atoms with Crippen LogP contribution < -0.4 is 15.2 Å². The summed E-state index contributed by atoms with van der Waals surface area (Å²) in [5.74, 6) is 1.96. The third-order valence-electron chi connectivity index (χ3n) is 5.17. The van der Waals surface area contributed by atoms with Gasteiger partial charge >= 0.3 is 5.90 Å². The number of ether oxygens (including phenoxy) is 1. The minimum atomic E-state index is 0.122. The highest BCUT2D eigenvalue weighted by atomic mass is 16.6. The second-order valence-electron chi connectivity index (χ2n) is 6.92. The lowest BCUT2D eigenvalue weighted by Crippen LogP contribution is -2.72. The molecule has 2 aliphatic rings. The lowest BCUT2D eigenvalue weighted by molar-refractivity contribution is -0.750. The number of nitrogens with one attached hydrogen (secondary N) is 2. The van der Waals surface area contributed by atoms with E-state index in [1.165, 1.54) is 31.1 Å². The second kappa shape index (κ2) is 8.90. The van der Waals surface area contributed by atoms with Gasteiger partial charge in [-0.3, -0.25) is 4.84 Å². The number of piperidine rings is 1. The monoisotopic (exact) mass is 345 g/mol. The van der Waals surface area contributed by atoms with Crippen LogP contribution >= 0.6 is 0 Å². The van der Waals surface area contributed by atoms with Gasteiger partial charge in [0, 0.05) is 0 Å². The molecule has 0 spiro atoms. The van der Waals surface area contributed by atoms with Crippen LogP contribution in [0.4, 0.5) is 0 Å². The molecule has 1 fully saturated rings. The Kier molecular flexibility index (Phi) is 6.34. The maximum atomic E-state index is 9.86. The van der Waals surface area contributed by atoms with E-state index < -0.39 is 0 Å². The maximum Gasteiger partial charge on any atom is 0.383 e. The van der Waals surface area contributed by atoms with Crippen LogP contribution in [0.3, 0.4) is 0 Å². The molecule has 0 radical (unpaired) electrons. The first kappa shape index (κ1) is 17.8. The van der Waals surface area contributed by atoms with E-state index in [0.29, 0.717) is 5.92 Å². The molecule has 1 atom stereocenters. The van der Waals surface area contributed by atoms with E-state index in [1.54, 1.807) is 0 Å². The first-order valence-electron chi connectivity index (χ1n) is 9.24. The van der Waals surface area contributed by atoms with Crippen LogP contribution in [0.2, 0.25) is 0 Å². The quantitative estimate of drug-likeness (QED) is 0.418. The molecule has 3 rings (SSSR count). The fourth-order valence-electron chi connectivity index (χ4n) is 3.56. The molecule has 3 N–H and O–H groups in total. The molecule has 1 aliphatic carbocycles. The van der Waals surface area contributed by atoms with Gasteiger partial charge in [-0.15, -0.1) is 0 Å². The molecular weight excluding hydrogens is 316 g/mol. The zero-order valence-corrected chi connectivity index (χ0v) is 15.0. The van der Waals surface area contributed by atoms with Gasteiger partial charge in [-0.25, -0.2) is 0 Å². The molecule has 0 amide bonds. The molecule has 1 aliphatic heterocycles. The highest BCUT2D eigenvalue weighted by Crippen LogP contribution is 2.31. The van der Waals surface area contributed by atoms with Crippen LogP contribution in [0.1, 0.15) is 37.7 Å². The van der Waals surface area contributed by atoms with Crippen molar-refractivity contribution < 1.29 is 19.8 Å². The Morgan fingerprint density at radius 3 is 2.60 bits per heavy atom. The summed E-state index contributed by atoms with van der Waals surface area (Å²) >= 11 is 0. The molecule has 136 valence electrons. The van der Waals surface area contributed by atoms with Crippen molar-refractivity contribution in [2.24, 2.45) is 11.8 Å². The molecule has 1 unspecified atom stereocenters. The Morgan fingerprint density at radius 1 is 1.20 bits per heavy atom. The molecule has 0 saturated carbocycles. The Bertz CT molecular complexity index is 604. The van der Waals surface area contributed by atoms with E-state index >= 15 is 0 Å². The molecule has 5 nitrogen and oxygen atoms in total. The summed E-state index contributed by atoms with van der Waals surface area (Å²) in [4.78, 5) is 4.77. The topological polar surface area (TPSA) is 64.7 Å². The lowest BCUT2D eigenvalue weighted by atomic mass is 9.86. The first-order chi connectivity index (χ1) is 12.3. The standard InChI is InChI=1S/C20H28N2O3/c1-24-22-20(23)18-4-2-16(3-5-18)17-6-8-19(9-7-17)25-14-15-10-12-21-13-11-15/h2,6-9,15,18,21H,3-5,10-14H2,1H3,(H,22,23)/p+1. The Morgan fingerprint density at radius 2 is 1.96 bits per heavy atom. The van der Waals surface area contributed by atoms with Crippen molar-refractivity contribution in [1.29, 1.82) is 0 Å². The van der Waals surface area contributed by atoms with Crippen molar-refractivity contribution >= 4 is 11.5 Å². The Balaban J connectivity index is 1.53. The number of allylic oxidation sites excluding steroid dienone is 2. The van der Waals surface area contributed by atoms with Crippen molar-refractivity contribution in [2.75, 3.05) is 26.8 Å². The van der Waals surface area contributed by atoms with Crippen LogP contribution in [0.5, 0.6) is 5.75 Å². The number of rotatable bonds is 6.